The van der Waals surface area contributed by atoms with Gasteiger partial charge in [0.1, 0.15) is 0 Å². The highest BCUT2D eigenvalue weighted by Gasteiger charge is 2.20. The molecular weight excluding hydrogens is 304 g/mol. The zero-order chi connectivity index (χ0) is 16.9. The van der Waals surface area contributed by atoms with Gasteiger partial charge in [-0.3, -0.25) is 9.59 Å². The van der Waals surface area contributed by atoms with E-state index in [9.17, 15) is 9.59 Å². The van der Waals surface area contributed by atoms with Crippen LogP contribution in [0.3, 0.4) is 0 Å². The fraction of sp³-hybridized carbons (Fsp3) is 0.263. The lowest BCUT2D eigenvalue weighted by Crippen LogP contribution is -2.39. The Morgan fingerprint density at radius 1 is 1.08 bits per heavy atom. The predicted octanol–water partition coefficient (Wildman–Crippen LogP) is 2.61. The van der Waals surface area contributed by atoms with Gasteiger partial charge in [-0.2, -0.15) is 0 Å². The molecule has 0 aliphatic carbocycles. The van der Waals surface area contributed by atoms with E-state index in [-0.39, 0.29) is 18.4 Å². The maximum Gasteiger partial charge on any atom is 0.308 e. The Balaban J connectivity index is 1.62. The minimum Gasteiger partial charge on any atom is -0.425 e. The molecule has 1 amide bonds. The van der Waals surface area contributed by atoms with Crippen molar-refractivity contribution >= 4 is 17.6 Å². The molecule has 24 heavy (non-hydrogen) atoms. The van der Waals surface area contributed by atoms with Gasteiger partial charge in [0.2, 0.25) is 5.91 Å². The van der Waals surface area contributed by atoms with Gasteiger partial charge >= 0.3 is 5.97 Å². The van der Waals surface area contributed by atoms with Crippen molar-refractivity contribution in [2.75, 3.05) is 18.4 Å². The van der Waals surface area contributed by atoms with E-state index in [1.54, 1.807) is 18.2 Å². The second-order valence-corrected chi connectivity index (χ2v) is 5.78. The van der Waals surface area contributed by atoms with Crippen LogP contribution in [0.5, 0.6) is 5.75 Å². The van der Waals surface area contributed by atoms with Crippen molar-refractivity contribution in [3.8, 4) is 5.75 Å². The van der Waals surface area contributed by atoms with Crippen molar-refractivity contribution in [3.05, 3.63) is 59.7 Å². The lowest BCUT2D eigenvalue weighted by atomic mass is 10.00. The van der Waals surface area contributed by atoms with E-state index in [4.69, 9.17) is 4.74 Å². The number of benzene rings is 2. The number of para-hydroxylation sites is 2. The molecule has 0 fully saturated rings. The summed E-state index contributed by atoms with van der Waals surface area (Å²) in [5, 5.41) is 3.07. The third kappa shape index (κ3) is 3.74. The molecule has 1 aliphatic heterocycles. The number of fused-ring (bicyclic) bond motifs is 1. The van der Waals surface area contributed by atoms with Gasteiger partial charge in [-0.05, 0) is 29.7 Å². The van der Waals surface area contributed by atoms with Crippen LogP contribution in [0.15, 0.2) is 48.5 Å². The Bertz CT molecular complexity index is 758. The largest absolute Gasteiger partial charge is 0.425 e. The molecule has 5 heteroatoms. The number of amides is 1. The minimum atomic E-state index is -0.386. The fourth-order valence-corrected chi connectivity index (χ4v) is 2.85. The van der Waals surface area contributed by atoms with Gasteiger partial charge in [0.05, 0.1) is 12.2 Å². The van der Waals surface area contributed by atoms with Crippen LogP contribution >= 0.6 is 0 Å². The first-order valence-corrected chi connectivity index (χ1v) is 7.99. The average Bonchev–Trinajstić information content (AvgIpc) is 2.60. The van der Waals surface area contributed by atoms with Crippen LogP contribution in [0, 0.1) is 0 Å². The number of hydrogen-bond donors (Lipinski definition) is 1. The lowest BCUT2D eigenvalue weighted by Gasteiger charge is -2.29. The number of rotatable bonds is 4. The number of nitrogens with zero attached hydrogens (tertiary/aromatic N) is 1. The van der Waals surface area contributed by atoms with Crippen LogP contribution in [0.25, 0.3) is 0 Å². The third-order valence-electron chi connectivity index (χ3n) is 4.05. The van der Waals surface area contributed by atoms with Gasteiger partial charge < -0.3 is 15.0 Å². The maximum atomic E-state index is 12.5. The summed E-state index contributed by atoms with van der Waals surface area (Å²) in [6, 6.07) is 15.3. The van der Waals surface area contributed by atoms with Gasteiger partial charge in [-0.1, -0.05) is 36.4 Å². The number of hydrogen-bond acceptors (Lipinski definition) is 4. The first-order chi connectivity index (χ1) is 11.6. The second kappa shape index (κ2) is 7.17. The first kappa shape index (κ1) is 16.1. The zero-order valence-electron chi connectivity index (χ0n) is 13.6. The van der Waals surface area contributed by atoms with Gasteiger partial charge in [0, 0.05) is 20.0 Å². The minimum absolute atomic E-state index is 0.0298. The van der Waals surface area contributed by atoms with E-state index in [0.29, 0.717) is 18.0 Å². The van der Waals surface area contributed by atoms with Crippen LogP contribution in [-0.4, -0.2) is 29.9 Å². The van der Waals surface area contributed by atoms with Crippen LogP contribution < -0.4 is 10.1 Å². The van der Waals surface area contributed by atoms with E-state index in [1.165, 1.54) is 18.1 Å². The lowest BCUT2D eigenvalue weighted by molar-refractivity contribution is -0.132. The standard InChI is InChI=1S/C19H20N2O3/c1-14(22)24-18-9-5-4-8-17(18)20-12-19(23)21-11-10-15-6-2-3-7-16(15)13-21/h2-9,20H,10-13H2,1H3. The maximum absolute atomic E-state index is 12.5. The highest BCUT2D eigenvalue weighted by molar-refractivity contribution is 5.82. The number of esters is 1. The molecule has 0 bridgehead atoms. The fourth-order valence-electron chi connectivity index (χ4n) is 2.85. The van der Waals surface area contributed by atoms with Gasteiger partial charge in [-0.25, -0.2) is 0 Å². The zero-order valence-corrected chi connectivity index (χ0v) is 13.6. The van der Waals surface area contributed by atoms with Gasteiger partial charge in [0.15, 0.2) is 5.75 Å². The molecule has 1 N–H and O–H groups in total. The van der Waals surface area contributed by atoms with Gasteiger partial charge in [-0.15, -0.1) is 0 Å². The van der Waals surface area contributed by atoms with E-state index >= 15 is 0 Å². The molecule has 2 aromatic rings. The molecule has 1 heterocycles. The summed E-state index contributed by atoms with van der Waals surface area (Å²) in [7, 11) is 0. The molecule has 0 saturated carbocycles. The average molecular weight is 324 g/mol. The van der Waals surface area contributed by atoms with Crippen LogP contribution in [0.2, 0.25) is 0 Å². The van der Waals surface area contributed by atoms with Gasteiger partial charge in [0.25, 0.3) is 0 Å². The van der Waals surface area contributed by atoms with Crippen molar-refractivity contribution in [2.45, 2.75) is 19.9 Å². The van der Waals surface area contributed by atoms with E-state index in [2.05, 4.69) is 17.4 Å². The molecule has 5 nitrogen and oxygen atoms in total. The summed E-state index contributed by atoms with van der Waals surface area (Å²) in [4.78, 5) is 25.5. The Kier molecular flexibility index (Phi) is 4.79. The SMILES string of the molecule is CC(=O)Oc1ccccc1NCC(=O)N1CCc2ccccc2C1. The Morgan fingerprint density at radius 3 is 2.58 bits per heavy atom. The van der Waals surface area contributed by atoms with Crippen LogP contribution in [0.1, 0.15) is 18.1 Å². The number of carbonyl (C=O) groups excluding carboxylic acids is 2. The first-order valence-electron chi connectivity index (χ1n) is 7.99. The summed E-state index contributed by atoms with van der Waals surface area (Å²) in [6.45, 7) is 2.89. The molecule has 2 aromatic carbocycles. The number of ether oxygens (including phenoxy) is 1. The van der Waals surface area contributed by atoms with Crippen LogP contribution in [0.4, 0.5) is 5.69 Å². The highest BCUT2D eigenvalue weighted by Crippen LogP contribution is 2.24. The highest BCUT2D eigenvalue weighted by atomic mass is 16.5. The molecular formula is C19H20N2O3. The molecule has 1 aliphatic rings. The van der Waals surface area contributed by atoms with E-state index < -0.39 is 0 Å². The quantitative estimate of drug-likeness (QED) is 0.694. The van der Waals surface area contributed by atoms with Crippen molar-refractivity contribution in [2.24, 2.45) is 0 Å². The molecule has 0 unspecified atom stereocenters. The molecule has 0 atom stereocenters. The molecule has 0 spiro atoms. The predicted molar refractivity (Wildman–Crippen MR) is 91.8 cm³/mol. The van der Waals surface area contributed by atoms with Crippen molar-refractivity contribution < 1.29 is 14.3 Å². The molecule has 0 aromatic heterocycles. The molecule has 3 rings (SSSR count). The van der Waals surface area contributed by atoms with E-state index in [1.807, 2.05) is 23.1 Å². The monoisotopic (exact) mass is 324 g/mol. The van der Waals surface area contributed by atoms with Crippen molar-refractivity contribution in [1.29, 1.82) is 0 Å². The number of carbonyl (C=O) groups is 2. The van der Waals surface area contributed by atoms with Crippen LogP contribution in [-0.2, 0) is 22.6 Å². The summed E-state index contributed by atoms with van der Waals surface area (Å²) < 4.78 is 5.14. The third-order valence-corrected chi connectivity index (χ3v) is 4.05. The van der Waals surface area contributed by atoms with Crippen molar-refractivity contribution in [3.63, 3.8) is 0 Å². The number of anilines is 1. The summed E-state index contributed by atoms with van der Waals surface area (Å²) >= 11 is 0. The summed E-state index contributed by atoms with van der Waals surface area (Å²) in [5.41, 5.74) is 3.16. The second-order valence-electron chi connectivity index (χ2n) is 5.78. The molecule has 124 valence electrons. The topological polar surface area (TPSA) is 58.6 Å². The van der Waals surface area contributed by atoms with Crippen molar-refractivity contribution in [1.82, 2.24) is 4.90 Å². The number of nitrogens with one attached hydrogen (secondary N) is 1. The molecule has 0 radical (unpaired) electrons. The Hall–Kier alpha value is -2.82. The smallest absolute Gasteiger partial charge is 0.308 e. The van der Waals surface area contributed by atoms with E-state index in [0.717, 1.165) is 13.0 Å². The summed E-state index contributed by atoms with van der Waals surface area (Å²) in [6.07, 6.45) is 0.881. The summed E-state index contributed by atoms with van der Waals surface area (Å²) in [5.74, 6) is 0.0761. The Morgan fingerprint density at radius 2 is 1.79 bits per heavy atom. The Labute approximate surface area is 141 Å². The normalized spacial score (nSPS) is 13.1. The molecule has 0 saturated heterocycles.